The highest BCUT2D eigenvalue weighted by molar-refractivity contribution is 5.90. The Hall–Kier alpha value is -1.81. The molecule has 0 fully saturated rings. The van der Waals surface area contributed by atoms with E-state index in [0.717, 1.165) is 0 Å². The average Bonchev–Trinajstić information content (AvgIpc) is 2.37. The zero-order valence-corrected chi connectivity index (χ0v) is 12.4. The number of carbonyl (C=O) groups is 1. The van der Waals surface area contributed by atoms with E-state index >= 15 is 0 Å². The van der Waals surface area contributed by atoms with E-state index in [1.807, 2.05) is 20.8 Å². The van der Waals surface area contributed by atoms with Gasteiger partial charge in [0.05, 0.1) is 13.2 Å². The molecule has 1 rings (SSSR count). The van der Waals surface area contributed by atoms with Crippen LogP contribution in [-0.2, 0) is 4.79 Å². The lowest BCUT2D eigenvalue weighted by atomic mass is 9.92. The van der Waals surface area contributed by atoms with Crippen LogP contribution in [0.1, 0.15) is 38.9 Å². The Morgan fingerprint density at radius 3 is 2.30 bits per heavy atom. The second kappa shape index (κ2) is 6.57. The average molecular weight is 278 g/mol. The second-order valence-electron chi connectivity index (χ2n) is 5.74. The van der Waals surface area contributed by atoms with Gasteiger partial charge in [0.25, 0.3) is 0 Å². The summed E-state index contributed by atoms with van der Waals surface area (Å²) in [6.45, 7) is 5.43. The van der Waals surface area contributed by atoms with Crippen LogP contribution in [0.15, 0.2) is 36.1 Å². The van der Waals surface area contributed by atoms with Gasteiger partial charge in [-0.3, -0.25) is 4.79 Å². The van der Waals surface area contributed by atoms with Crippen molar-refractivity contribution < 1.29 is 19.7 Å². The third-order valence-electron chi connectivity index (χ3n) is 2.96. The summed E-state index contributed by atoms with van der Waals surface area (Å²) < 4.78 is 5.03. The third-order valence-corrected chi connectivity index (χ3v) is 2.96. The number of aliphatic hydroxyl groups is 2. The summed E-state index contributed by atoms with van der Waals surface area (Å²) >= 11 is 0. The first-order valence-corrected chi connectivity index (χ1v) is 6.50. The summed E-state index contributed by atoms with van der Waals surface area (Å²) in [6.07, 6.45) is 0.233. The number of rotatable bonds is 5. The van der Waals surface area contributed by atoms with Gasteiger partial charge in [0, 0.05) is 17.9 Å². The van der Waals surface area contributed by atoms with E-state index in [2.05, 4.69) is 0 Å². The lowest BCUT2D eigenvalue weighted by Gasteiger charge is -2.17. The quantitative estimate of drug-likeness (QED) is 0.641. The lowest BCUT2D eigenvalue weighted by molar-refractivity contribution is -0.116. The number of benzene rings is 1. The Balaban J connectivity index is 2.70. The monoisotopic (exact) mass is 278 g/mol. The van der Waals surface area contributed by atoms with Crippen molar-refractivity contribution >= 4 is 5.78 Å². The van der Waals surface area contributed by atoms with Crippen LogP contribution in [0.3, 0.4) is 0 Å². The van der Waals surface area contributed by atoms with Gasteiger partial charge < -0.3 is 14.9 Å². The van der Waals surface area contributed by atoms with E-state index in [-0.39, 0.29) is 18.0 Å². The largest absolute Gasteiger partial charge is 0.512 e. The molecular formula is C16H22O4. The van der Waals surface area contributed by atoms with Crippen molar-refractivity contribution in [3.63, 3.8) is 0 Å². The number of hydrogen-bond acceptors (Lipinski definition) is 4. The lowest BCUT2D eigenvalue weighted by Crippen LogP contribution is -2.12. The van der Waals surface area contributed by atoms with Crippen molar-refractivity contribution in [1.29, 1.82) is 0 Å². The molecule has 1 aromatic rings. The fraction of sp³-hybridized carbons (Fsp3) is 0.438. The minimum Gasteiger partial charge on any atom is -0.512 e. The predicted molar refractivity (Wildman–Crippen MR) is 77.7 cm³/mol. The van der Waals surface area contributed by atoms with Crippen LogP contribution in [0.2, 0.25) is 0 Å². The SMILES string of the molecule is COc1ccc(C(O)CC(=O)/C=C(\O)C(C)(C)C)cc1. The maximum atomic E-state index is 11.8. The van der Waals surface area contributed by atoms with E-state index in [1.54, 1.807) is 31.4 Å². The van der Waals surface area contributed by atoms with Crippen molar-refractivity contribution in [2.45, 2.75) is 33.3 Å². The third kappa shape index (κ3) is 4.70. The van der Waals surface area contributed by atoms with Gasteiger partial charge >= 0.3 is 0 Å². The highest BCUT2D eigenvalue weighted by Gasteiger charge is 2.18. The van der Waals surface area contributed by atoms with E-state index in [9.17, 15) is 15.0 Å². The molecule has 0 amide bonds. The molecule has 4 nitrogen and oxygen atoms in total. The van der Waals surface area contributed by atoms with Gasteiger partial charge in [0.15, 0.2) is 5.78 Å². The normalized spacial score (nSPS) is 13.9. The minimum atomic E-state index is -0.891. The number of hydrogen-bond donors (Lipinski definition) is 2. The number of carbonyl (C=O) groups excluding carboxylic acids is 1. The van der Waals surface area contributed by atoms with Gasteiger partial charge in [0.1, 0.15) is 11.5 Å². The molecule has 4 heteroatoms. The Kier molecular flexibility index (Phi) is 5.34. The minimum absolute atomic E-state index is 0.0180. The van der Waals surface area contributed by atoms with Crippen molar-refractivity contribution in [3.8, 4) is 5.75 Å². The highest BCUT2D eigenvalue weighted by atomic mass is 16.5. The second-order valence-corrected chi connectivity index (χ2v) is 5.74. The van der Waals surface area contributed by atoms with Crippen molar-refractivity contribution in [2.24, 2.45) is 5.41 Å². The van der Waals surface area contributed by atoms with E-state index < -0.39 is 11.5 Å². The Morgan fingerprint density at radius 1 is 1.30 bits per heavy atom. The number of ketones is 1. The van der Waals surface area contributed by atoms with E-state index in [1.165, 1.54) is 6.08 Å². The zero-order chi connectivity index (χ0) is 15.3. The van der Waals surface area contributed by atoms with Crippen LogP contribution < -0.4 is 4.74 Å². The van der Waals surface area contributed by atoms with Gasteiger partial charge in [0.2, 0.25) is 0 Å². The first kappa shape index (κ1) is 16.2. The van der Waals surface area contributed by atoms with E-state index in [0.29, 0.717) is 11.3 Å². The Labute approximate surface area is 119 Å². The molecule has 20 heavy (non-hydrogen) atoms. The maximum Gasteiger partial charge on any atom is 0.161 e. The highest BCUT2D eigenvalue weighted by Crippen LogP contribution is 2.24. The summed E-state index contributed by atoms with van der Waals surface area (Å²) in [5.41, 5.74) is 0.170. The number of allylic oxidation sites excluding steroid dienone is 2. The van der Waals surface area contributed by atoms with Gasteiger partial charge in [-0.05, 0) is 17.7 Å². The summed E-state index contributed by atoms with van der Waals surface area (Å²) in [6, 6.07) is 6.88. The zero-order valence-electron chi connectivity index (χ0n) is 12.4. The molecule has 0 saturated heterocycles. The molecule has 0 heterocycles. The molecule has 0 aliphatic heterocycles. The van der Waals surface area contributed by atoms with Gasteiger partial charge in [-0.2, -0.15) is 0 Å². The molecular weight excluding hydrogens is 256 g/mol. The fourth-order valence-electron chi connectivity index (χ4n) is 1.56. The van der Waals surface area contributed by atoms with Crippen molar-refractivity contribution in [3.05, 3.63) is 41.7 Å². The first-order chi connectivity index (χ1) is 9.24. The van der Waals surface area contributed by atoms with Gasteiger partial charge in [-0.15, -0.1) is 0 Å². The van der Waals surface area contributed by atoms with Gasteiger partial charge in [-0.1, -0.05) is 32.9 Å². The molecule has 110 valence electrons. The molecule has 2 N–H and O–H groups in total. The number of aliphatic hydroxyl groups excluding tert-OH is 2. The standard InChI is InChI=1S/C16H22O4/c1-16(2,3)15(19)10-12(17)9-14(18)11-5-7-13(20-4)8-6-11/h5-8,10,14,18-19H,9H2,1-4H3/b15-10-. The van der Waals surface area contributed by atoms with Crippen LogP contribution in [0, 0.1) is 5.41 Å². The predicted octanol–water partition coefficient (Wildman–Crippen LogP) is 3.18. The Bertz CT molecular complexity index is 480. The van der Waals surface area contributed by atoms with Crippen LogP contribution >= 0.6 is 0 Å². The summed E-state index contributed by atoms with van der Waals surface area (Å²) in [4.78, 5) is 11.8. The summed E-state index contributed by atoms with van der Waals surface area (Å²) in [5, 5.41) is 19.7. The summed E-state index contributed by atoms with van der Waals surface area (Å²) in [7, 11) is 1.56. The smallest absolute Gasteiger partial charge is 0.161 e. The maximum absolute atomic E-state index is 11.8. The number of methoxy groups -OCH3 is 1. The fourth-order valence-corrected chi connectivity index (χ4v) is 1.56. The topological polar surface area (TPSA) is 66.8 Å². The molecule has 0 aliphatic carbocycles. The molecule has 0 spiro atoms. The van der Waals surface area contributed by atoms with Gasteiger partial charge in [-0.25, -0.2) is 0 Å². The van der Waals surface area contributed by atoms with Crippen molar-refractivity contribution in [2.75, 3.05) is 7.11 Å². The molecule has 0 aromatic heterocycles. The molecule has 0 bridgehead atoms. The molecule has 1 unspecified atom stereocenters. The van der Waals surface area contributed by atoms with Crippen LogP contribution in [0.4, 0.5) is 0 Å². The molecule has 0 radical (unpaired) electrons. The van der Waals surface area contributed by atoms with Crippen LogP contribution in [-0.4, -0.2) is 23.1 Å². The molecule has 1 aromatic carbocycles. The first-order valence-electron chi connectivity index (χ1n) is 6.50. The Morgan fingerprint density at radius 2 is 1.85 bits per heavy atom. The molecule has 0 aliphatic rings. The number of ether oxygens (including phenoxy) is 1. The van der Waals surface area contributed by atoms with Crippen LogP contribution in [0.25, 0.3) is 0 Å². The van der Waals surface area contributed by atoms with Crippen LogP contribution in [0.5, 0.6) is 5.75 Å². The van der Waals surface area contributed by atoms with E-state index in [4.69, 9.17) is 4.74 Å². The summed E-state index contributed by atoms with van der Waals surface area (Å²) in [5.74, 6) is 0.405. The molecule has 0 saturated carbocycles. The van der Waals surface area contributed by atoms with Crippen molar-refractivity contribution in [1.82, 2.24) is 0 Å². The molecule has 1 atom stereocenters.